The highest BCUT2D eigenvalue weighted by Gasteiger charge is 2.69. The summed E-state index contributed by atoms with van der Waals surface area (Å²) in [5.74, 6) is 1.67. The summed E-state index contributed by atoms with van der Waals surface area (Å²) in [5, 5.41) is 20.2. The van der Waals surface area contributed by atoms with Gasteiger partial charge in [0, 0.05) is 0 Å². The predicted molar refractivity (Wildman–Crippen MR) is 69.1 cm³/mol. The van der Waals surface area contributed by atoms with Gasteiger partial charge in [-0.3, -0.25) is 0 Å². The van der Waals surface area contributed by atoms with E-state index in [1.165, 1.54) is 6.42 Å². The van der Waals surface area contributed by atoms with E-state index in [0.717, 1.165) is 19.3 Å². The van der Waals surface area contributed by atoms with Gasteiger partial charge in [0.25, 0.3) is 0 Å². The first-order valence-electron chi connectivity index (χ1n) is 7.41. The summed E-state index contributed by atoms with van der Waals surface area (Å²) >= 11 is 0. The smallest absolute Gasteiger partial charge is 0.118 e. The number of fused-ring (bicyclic) bond motifs is 3. The highest BCUT2D eigenvalue weighted by Crippen LogP contribution is 2.63. The van der Waals surface area contributed by atoms with Crippen molar-refractivity contribution in [3.8, 4) is 0 Å². The third-order valence-electron chi connectivity index (χ3n) is 6.11. The van der Waals surface area contributed by atoms with Gasteiger partial charge in [-0.1, -0.05) is 20.8 Å². The number of hydrogen-bond donors (Lipinski definition) is 2. The lowest BCUT2D eigenvalue weighted by Crippen LogP contribution is -2.40. The second-order valence-electron chi connectivity index (χ2n) is 7.29. The van der Waals surface area contributed by atoms with Crippen LogP contribution in [0.1, 0.15) is 46.5 Å². The summed E-state index contributed by atoms with van der Waals surface area (Å²) in [5.41, 5.74) is -0.325. The quantitative estimate of drug-likeness (QED) is 0.741. The van der Waals surface area contributed by atoms with Crippen molar-refractivity contribution in [1.29, 1.82) is 0 Å². The Balaban J connectivity index is 1.95. The molecule has 2 N–H and O–H groups in total. The maximum atomic E-state index is 10.5. The fraction of sp³-hybridized carbons (Fsp3) is 1.00. The zero-order valence-electron chi connectivity index (χ0n) is 11.7. The average molecular weight is 254 g/mol. The summed E-state index contributed by atoms with van der Waals surface area (Å²) in [7, 11) is 0. The van der Waals surface area contributed by atoms with Crippen LogP contribution in [-0.2, 0) is 4.74 Å². The molecule has 3 fully saturated rings. The molecule has 1 aliphatic heterocycles. The molecule has 0 radical (unpaired) electrons. The number of rotatable bonds is 2. The SMILES string of the molecule is CC(C)[C@H]1CC[C@@]2(C)[C@@H]1[C@@H]1O[C@]1(CO)CC[C@@H]2O. The van der Waals surface area contributed by atoms with Crippen molar-refractivity contribution >= 4 is 0 Å². The zero-order chi connectivity index (χ0) is 13.1. The number of aliphatic hydroxyl groups is 2. The Morgan fingerprint density at radius 3 is 2.61 bits per heavy atom. The van der Waals surface area contributed by atoms with Crippen LogP contribution in [0.15, 0.2) is 0 Å². The summed E-state index contributed by atoms with van der Waals surface area (Å²) in [6.45, 7) is 6.90. The first-order chi connectivity index (χ1) is 8.44. The molecule has 0 bridgehead atoms. The van der Waals surface area contributed by atoms with Crippen LogP contribution >= 0.6 is 0 Å². The summed E-state index contributed by atoms with van der Waals surface area (Å²) in [6.07, 6.45) is 3.83. The Kier molecular flexibility index (Phi) is 2.82. The van der Waals surface area contributed by atoms with Crippen molar-refractivity contribution in [2.45, 2.75) is 64.3 Å². The molecule has 0 unspecified atom stereocenters. The van der Waals surface area contributed by atoms with Crippen LogP contribution in [0.3, 0.4) is 0 Å². The molecule has 104 valence electrons. The van der Waals surface area contributed by atoms with E-state index in [4.69, 9.17) is 4.74 Å². The summed E-state index contributed by atoms with van der Waals surface area (Å²) in [4.78, 5) is 0. The van der Waals surface area contributed by atoms with E-state index < -0.39 is 0 Å². The fourth-order valence-electron chi connectivity index (χ4n) is 4.76. The van der Waals surface area contributed by atoms with Crippen LogP contribution in [0.2, 0.25) is 0 Å². The maximum Gasteiger partial charge on any atom is 0.118 e. The first kappa shape index (κ1) is 12.9. The lowest BCUT2D eigenvalue weighted by molar-refractivity contribution is -0.0203. The monoisotopic (exact) mass is 254 g/mol. The molecule has 3 aliphatic rings. The van der Waals surface area contributed by atoms with E-state index >= 15 is 0 Å². The third-order valence-corrected chi connectivity index (χ3v) is 6.11. The van der Waals surface area contributed by atoms with Gasteiger partial charge >= 0.3 is 0 Å². The Morgan fingerprint density at radius 2 is 2.00 bits per heavy atom. The molecule has 0 aromatic rings. The van der Waals surface area contributed by atoms with Gasteiger partial charge in [-0.15, -0.1) is 0 Å². The molecule has 1 saturated heterocycles. The molecule has 2 aliphatic carbocycles. The Bertz CT molecular complexity index is 343. The fourth-order valence-corrected chi connectivity index (χ4v) is 4.76. The summed E-state index contributed by atoms with van der Waals surface area (Å²) < 4.78 is 5.94. The maximum absolute atomic E-state index is 10.5. The molecule has 18 heavy (non-hydrogen) atoms. The molecule has 3 nitrogen and oxygen atoms in total. The zero-order valence-corrected chi connectivity index (χ0v) is 11.7. The number of epoxide rings is 1. The van der Waals surface area contributed by atoms with Crippen molar-refractivity contribution in [2.24, 2.45) is 23.2 Å². The van der Waals surface area contributed by atoms with Gasteiger partial charge in [-0.25, -0.2) is 0 Å². The van der Waals surface area contributed by atoms with Crippen molar-refractivity contribution < 1.29 is 14.9 Å². The lowest BCUT2D eigenvalue weighted by atomic mass is 9.69. The minimum atomic E-state index is -0.319. The van der Waals surface area contributed by atoms with Gasteiger partial charge in [0.1, 0.15) is 5.60 Å². The van der Waals surface area contributed by atoms with Gasteiger partial charge in [-0.05, 0) is 48.9 Å². The van der Waals surface area contributed by atoms with Gasteiger partial charge in [-0.2, -0.15) is 0 Å². The molecule has 2 saturated carbocycles. The molecule has 3 heteroatoms. The van der Waals surface area contributed by atoms with Gasteiger partial charge in [0.2, 0.25) is 0 Å². The largest absolute Gasteiger partial charge is 0.393 e. The van der Waals surface area contributed by atoms with Crippen LogP contribution < -0.4 is 0 Å². The minimum absolute atomic E-state index is 0.00692. The van der Waals surface area contributed by atoms with Crippen molar-refractivity contribution in [3.63, 3.8) is 0 Å². The minimum Gasteiger partial charge on any atom is -0.393 e. The second kappa shape index (κ2) is 3.94. The van der Waals surface area contributed by atoms with Crippen molar-refractivity contribution in [3.05, 3.63) is 0 Å². The van der Waals surface area contributed by atoms with Gasteiger partial charge in [0.05, 0.1) is 18.8 Å². The normalized spacial score (nSPS) is 55.0. The van der Waals surface area contributed by atoms with E-state index in [-0.39, 0.29) is 29.8 Å². The third kappa shape index (κ3) is 1.53. The van der Waals surface area contributed by atoms with Gasteiger partial charge in [0.15, 0.2) is 0 Å². The molecule has 0 spiro atoms. The standard InChI is InChI=1S/C15H26O3/c1-9(2)10-4-6-14(3)11(17)5-7-15(8-16)13(18-15)12(10)14/h9-13,16-17H,4-8H2,1-3H3/t10-,11+,12+,13+,14-,15+/m1/s1. The molecular weight excluding hydrogens is 228 g/mol. The molecule has 0 aromatic heterocycles. The average Bonchev–Trinajstić information content (AvgIpc) is 2.95. The van der Waals surface area contributed by atoms with E-state index in [1.54, 1.807) is 0 Å². The highest BCUT2D eigenvalue weighted by molar-refractivity contribution is 5.16. The van der Waals surface area contributed by atoms with Crippen molar-refractivity contribution in [2.75, 3.05) is 6.61 Å². The Labute approximate surface area is 110 Å². The molecule has 0 amide bonds. The second-order valence-corrected chi connectivity index (χ2v) is 7.29. The van der Waals surface area contributed by atoms with E-state index in [1.807, 2.05) is 0 Å². The molecule has 0 aromatic carbocycles. The molecule has 1 heterocycles. The van der Waals surface area contributed by atoms with E-state index in [0.29, 0.717) is 17.8 Å². The Hall–Kier alpha value is -0.120. The van der Waals surface area contributed by atoms with Crippen LogP contribution in [0.25, 0.3) is 0 Å². The van der Waals surface area contributed by atoms with Crippen LogP contribution in [0, 0.1) is 23.2 Å². The topological polar surface area (TPSA) is 53.0 Å². The highest BCUT2D eigenvalue weighted by atomic mass is 16.6. The lowest BCUT2D eigenvalue weighted by Gasteiger charge is -2.37. The molecule has 3 rings (SSSR count). The number of ether oxygens (including phenoxy) is 1. The summed E-state index contributed by atoms with van der Waals surface area (Å²) in [6, 6.07) is 0. The number of aliphatic hydroxyl groups excluding tert-OH is 2. The van der Waals surface area contributed by atoms with Crippen LogP contribution in [0.4, 0.5) is 0 Å². The van der Waals surface area contributed by atoms with Crippen molar-refractivity contribution in [1.82, 2.24) is 0 Å². The molecular formula is C15H26O3. The Morgan fingerprint density at radius 1 is 1.28 bits per heavy atom. The molecule has 6 atom stereocenters. The van der Waals surface area contributed by atoms with Crippen LogP contribution in [-0.4, -0.2) is 34.6 Å². The first-order valence-corrected chi connectivity index (χ1v) is 7.41. The predicted octanol–water partition coefficient (Wildman–Crippen LogP) is 1.96. The van der Waals surface area contributed by atoms with Gasteiger partial charge < -0.3 is 14.9 Å². The number of hydrogen-bond acceptors (Lipinski definition) is 3. The van der Waals surface area contributed by atoms with E-state index in [9.17, 15) is 10.2 Å². The van der Waals surface area contributed by atoms with E-state index in [2.05, 4.69) is 20.8 Å². The van der Waals surface area contributed by atoms with Crippen LogP contribution in [0.5, 0.6) is 0 Å².